The Hall–Kier alpha value is -0.865. The normalized spacial score (nSPS) is 10.6. The fourth-order valence-corrected chi connectivity index (χ4v) is 0.461. The molecule has 0 aromatic carbocycles. The summed E-state index contributed by atoms with van der Waals surface area (Å²) in [5, 5.41) is 3.25. The van der Waals surface area contributed by atoms with Crippen LogP contribution in [0.3, 0.4) is 0 Å². The molecule has 0 atom stereocenters. The summed E-state index contributed by atoms with van der Waals surface area (Å²) in [6.45, 7) is -2.60. The molecule has 0 amide bonds. The molecular weight excluding hydrogens is 125 g/mol. The molecule has 1 aromatic rings. The predicted octanol–water partition coefficient (Wildman–Crippen LogP) is 0.0720. The summed E-state index contributed by atoms with van der Waals surface area (Å²) in [5.41, 5.74) is 0.107. The third-order valence-electron chi connectivity index (χ3n) is 0.829. The van der Waals surface area contributed by atoms with Gasteiger partial charge in [-0.1, -0.05) is 0 Å². The van der Waals surface area contributed by atoms with Crippen molar-refractivity contribution in [3.8, 4) is 0 Å². The van der Waals surface area contributed by atoms with Crippen LogP contribution in [0.15, 0.2) is 12.3 Å². The minimum absolute atomic E-state index is 0.107. The van der Waals surface area contributed by atoms with Crippen LogP contribution >= 0.6 is 0 Å². The number of hydrogen-bond acceptors (Lipinski definition) is 1. The summed E-state index contributed by atoms with van der Waals surface area (Å²) in [4.78, 5) is 0. The molecule has 2 nitrogen and oxygen atoms in total. The van der Waals surface area contributed by atoms with Crippen LogP contribution in [0.2, 0.25) is 0 Å². The van der Waals surface area contributed by atoms with Crippen LogP contribution in [0.4, 0.5) is 8.78 Å². The van der Waals surface area contributed by atoms with Gasteiger partial charge in [-0.3, -0.25) is 0 Å². The van der Waals surface area contributed by atoms with E-state index in [2.05, 4.69) is 5.10 Å². The van der Waals surface area contributed by atoms with Gasteiger partial charge >= 0.3 is 6.55 Å². The maximum Gasteiger partial charge on any atom is 0.333 e. The van der Waals surface area contributed by atoms with Crippen molar-refractivity contribution in [1.29, 1.82) is 0 Å². The van der Waals surface area contributed by atoms with Gasteiger partial charge in [-0.15, -0.1) is 0 Å². The van der Waals surface area contributed by atoms with Gasteiger partial charge in [-0.05, 0) is 6.07 Å². The molecule has 0 aliphatic heterocycles. The molecule has 0 fully saturated rings. The minimum Gasteiger partial charge on any atom is -0.212 e. The average Bonchev–Trinajstić information content (AvgIpc) is 2.14. The summed E-state index contributed by atoms with van der Waals surface area (Å²) in [6.07, 6.45) is 1.12. The van der Waals surface area contributed by atoms with Gasteiger partial charge in [0.2, 0.25) is 0 Å². The fourth-order valence-electron chi connectivity index (χ4n) is 0.461. The van der Waals surface area contributed by atoms with E-state index in [-0.39, 0.29) is 5.59 Å². The van der Waals surface area contributed by atoms with E-state index in [4.69, 9.17) is 7.85 Å². The molecule has 0 bridgehead atoms. The predicted molar refractivity (Wildman–Crippen MR) is 28.9 cm³/mol. The van der Waals surface area contributed by atoms with Crippen LogP contribution in [0.25, 0.3) is 0 Å². The Labute approximate surface area is 51.9 Å². The Kier molecular flexibility index (Phi) is 1.51. The van der Waals surface area contributed by atoms with Gasteiger partial charge < -0.3 is 0 Å². The van der Waals surface area contributed by atoms with Crippen LogP contribution in [-0.4, -0.2) is 17.6 Å². The molecule has 2 radical (unpaired) electrons. The van der Waals surface area contributed by atoms with E-state index < -0.39 is 6.55 Å². The second kappa shape index (κ2) is 2.17. The van der Waals surface area contributed by atoms with E-state index in [0.29, 0.717) is 4.68 Å². The van der Waals surface area contributed by atoms with Crippen molar-refractivity contribution in [3.05, 3.63) is 12.3 Å². The summed E-state index contributed by atoms with van der Waals surface area (Å²) < 4.78 is 23.7. The second-order valence-electron chi connectivity index (χ2n) is 1.50. The lowest BCUT2D eigenvalue weighted by atomic mass is 10.1. The van der Waals surface area contributed by atoms with Crippen molar-refractivity contribution < 1.29 is 8.78 Å². The molecule has 0 saturated heterocycles. The lowest BCUT2D eigenvalue weighted by Crippen LogP contribution is -2.07. The van der Waals surface area contributed by atoms with Gasteiger partial charge in [0.1, 0.15) is 7.85 Å². The largest absolute Gasteiger partial charge is 0.333 e. The molecule has 0 unspecified atom stereocenters. The van der Waals surface area contributed by atoms with Gasteiger partial charge in [0.05, 0.1) is 0 Å². The van der Waals surface area contributed by atoms with Crippen molar-refractivity contribution in [1.82, 2.24) is 9.78 Å². The van der Waals surface area contributed by atoms with Crippen molar-refractivity contribution in [2.75, 3.05) is 0 Å². The zero-order chi connectivity index (χ0) is 6.85. The van der Waals surface area contributed by atoms with E-state index in [1.807, 2.05) is 0 Å². The highest BCUT2D eigenvalue weighted by Gasteiger charge is 2.03. The fraction of sp³-hybridized carbons (Fsp3) is 0.250. The monoisotopic (exact) mass is 128 g/mol. The van der Waals surface area contributed by atoms with Crippen molar-refractivity contribution >= 4 is 13.4 Å². The van der Waals surface area contributed by atoms with Gasteiger partial charge in [-0.25, -0.2) is 4.68 Å². The van der Waals surface area contributed by atoms with Crippen LogP contribution in [0, 0.1) is 0 Å². The molecule has 5 heteroatoms. The van der Waals surface area contributed by atoms with Crippen molar-refractivity contribution in [2.45, 2.75) is 6.55 Å². The SMILES string of the molecule is [B]c1ccn(C(F)F)n1. The minimum atomic E-state index is -2.60. The van der Waals surface area contributed by atoms with E-state index in [0.717, 1.165) is 6.20 Å². The highest BCUT2D eigenvalue weighted by atomic mass is 19.3. The maximum atomic E-state index is 11.6. The smallest absolute Gasteiger partial charge is 0.212 e. The topological polar surface area (TPSA) is 17.8 Å². The molecule has 1 heterocycles. The number of halogens is 2. The Balaban J connectivity index is 2.85. The summed E-state index contributed by atoms with van der Waals surface area (Å²) in [6, 6.07) is 1.31. The van der Waals surface area contributed by atoms with Gasteiger partial charge in [0, 0.05) is 11.8 Å². The molecule has 46 valence electrons. The second-order valence-corrected chi connectivity index (χ2v) is 1.50. The first-order valence-electron chi connectivity index (χ1n) is 2.29. The number of hydrogen-bond donors (Lipinski definition) is 0. The third kappa shape index (κ3) is 1.28. The molecular formula is C4H3BF2N2. The molecule has 0 aliphatic rings. The Morgan fingerprint density at radius 2 is 2.33 bits per heavy atom. The van der Waals surface area contributed by atoms with E-state index >= 15 is 0 Å². The number of nitrogens with zero attached hydrogens (tertiary/aromatic N) is 2. The van der Waals surface area contributed by atoms with E-state index in [1.165, 1.54) is 6.07 Å². The first-order chi connectivity index (χ1) is 4.20. The maximum absolute atomic E-state index is 11.6. The first-order valence-corrected chi connectivity index (χ1v) is 2.29. The highest BCUT2D eigenvalue weighted by Crippen LogP contribution is 2.04. The average molecular weight is 128 g/mol. The molecule has 0 aliphatic carbocycles. The molecule has 9 heavy (non-hydrogen) atoms. The first kappa shape index (κ1) is 6.26. The van der Waals surface area contributed by atoms with E-state index in [1.54, 1.807) is 0 Å². The van der Waals surface area contributed by atoms with Crippen LogP contribution in [0.1, 0.15) is 6.55 Å². The van der Waals surface area contributed by atoms with Crippen LogP contribution < -0.4 is 5.59 Å². The number of alkyl halides is 2. The molecule has 0 N–H and O–H groups in total. The molecule has 1 aromatic heterocycles. The van der Waals surface area contributed by atoms with Gasteiger partial charge in [0.25, 0.3) is 0 Å². The van der Waals surface area contributed by atoms with Gasteiger partial charge in [0.15, 0.2) is 0 Å². The van der Waals surface area contributed by atoms with Crippen molar-refractivity contribution in [2.24, 2.45) is 0 Å². The Bertz CT molecular complexity index is 198. The lowest BCUT2D eigenvalue weighted by Gasteiger charge is -1.94. The number of rotatable bonds is 1. The Morgan fingerprint density at radius 3 is 2.56 bits per heavy atom. The third-order valence-corrected chi connectivity index (χ3v) is 0.829. The van der Waals surface area contributed by atoms with Crippen LogP contribution in [-0.2, 0) is 0 Å². The molecule has 0 spiro atoms. The zero-order valence-electron chi connectivity index (χ0n) is 4.46. The lowest BCUT2D eigenvalue weighted by molar-refractivity contribution is 0.0570. The molecule has 1 rings (SSSR count). The number of aromatic nitrogens is 2. The van der Waals surface area contributed by atoms with E-state index in [9.17, 15) is 8.78 Å². The Morgan fingerprint density at radius 1 is 1.67 bits per heavy atom. The van der Waals surface area contributed by atoms with Crippen molar-refractivity contribution in [3.63, 3.8) is 0 Å². The zero-order valence-corrected chi connectivity index (χ0v) is 4.46. The highest BCUT2D eigenvalue weighted by molar-refractivity contribution is 6.30. The van der Waals surface area contributed by atoms with Gasteiger partial charge in [-0.2, -0.15) is 13.9 Å². The quantitative estimate of drug-likeness (QED) is 0.489. The summed E-state index contributed by atoms with van der Waals surface area (Å²) in [7, 11) is 5.05. The standard InChI is InChI=1S/C4H3BF2N2/c5-3-1-2-9(8-3)4(6)7/h1-2,4H. The van der Waals surface area contributed by atoms with Crippen LogP contribution in [0.5, 0.6) is 0 Å². The summed E-state index contributed by atoms with van der Waals surface area (Å²) >= 11 is 0. The summed E-state index contributed by atoms with van der Waals surface area (Å²) in [5.74, 6) is 0. The molecule has 0 saturated carbocycles.